The van der Waals surface area contributed by atoms with E-state index in [0.717, 1.165) is 19.3 Å². The van der Waals surface area contributed by atoms with Gasteiger partial charge >= 0.3 is 13.8 Å². The maximum atomic E-state index is 12.2. The zero-order chi connectivity index (χ0) is 27.1. The highest BCUT2D eigenvalue weighted by Gasteiger charge is 2.28. The predicted molar refractivity (Wildman–Crippen MR) is 144 cm³/mol. The van der Waals surface area contributed by atoms with Gasteiger partial charge in [0.1, 0.15) is 0 Å². The van der Waals surface area contributed by atoms with Crippen molar-refractivity contribution < 1.29 is 32.8 Å². The van der Waals surface area contributed by atoms with Gasteiger partial charge in [-0.3, -0.25) is 13.8 Å². The lowest BCUT2D eigenvalue weighted by atomic mass is 10.0. The number of amides is 1. The summed E-state index contributed by atoms with van der Waals surface area (Å²) >= 11 is 0. The number of ether oxygens (including phenoxy) is 1. The topological polar surface area (TPSA) is 114 Å². The van der Waals surface area contributed by atoms with Crippen LogP contribution in [0.2, 0.25) is 0 Å². The van der Waals surface area contributed by atoms with E-state index in [4.69, 9.17) is 9.05 Å². The summed E-state index contributed by atoms with van der Waals surface area (Å²) in [4.78, 5) is 35.7. The second-order valence-corrected chi connectivity index (χ2v) is 11.2. The molecule has 0 fully saturated rings. The monoisotopic (exact) mass is 536 g/mol. The van der Waals surface area contributed by atoms with Crippen molar-refractivity contribution in [2.45, 2.75) is 116 Å². The maximum absolute atomic E-state index is 12.2. The fourth-order valence-electron chi connectivity index (χ4n) is 3.78. The molecule has 9 nitrogen and oxygen atoms in total. The highest BCUT2D eigenvalue weighted by Crippen LogP contribution is 2.43. The van der Waals surface area contributed by atoms with Crippen LogP contribution in [0.3, 0.4) is 0 Å². The molecule has 0 aliphatic heterocycles. The first-order valence-electron chi connectivity index (χ1n) is 13.9. The van der Waals surface area contributed by atoms with E-state index in [-0.39, 0.29) is 18.9 Å². The molecular weight excluding hydrogens is 483 g/mol. The predicted octanol–water partition coefficient (Wildman–Crippen LogP) is 5.60. The van der Waals surface area contributed by atoms with Gasteiger partial charge in [0.25, 0.3) is 0 Å². The summed E-state index contributed by atoms with van der Waals surface area (Å²) in [5, 5.41) is 2.53. The molecule has 2 N–H and O–H groups in total. The Morgan fingerprint density at radius 1 is 0.833 bits per heavy atom. The average Bonchev–Trinajstić information content (AvgIpc) is 2.83. The molecule has 0 radical (unpaired) electrons. The highest BCUT2D eigenvalue weighted by atomic mass is 31.2. The van der Waals surface area contributed by atoms with Gasteiger partial charge < -0.3 is 19.8 Å². The van der Waals surface area contributed by atoms with Crippen molar-refractivity contribution in [1.29, 1.82) is 0 Å². The minimum Gasteiger partial charge on any atom is -0.467 e. The summed E-state index contributed by atoms with van der Waals surface area (Å²) in [6.07, 6.45) is 19.0. The third kappa shape index (κ3) is 22.2. The number of nitrogens with zero attached hydrogens (tertiary/aromatic N) is 1. The Morgan fingerprint density at radius 2 is 1.31 bits per heavy atom. The fraction of sp³-hybridized carbons (Fsp3) is 0.923. The molecule has 0 aliphatic carbocycles. The normalized spacial score (nSPS) is 13.9. The van der Waals surface area contributed by atoms with Gasteiger partial charge in [-0.15, -0.1) is 0 Å². The lowest BCUT2D eigenvalue weighted by molar-refractivity contribution is -0.146. The fourth-order valence-corrected chi connectivity index (χ4v) is 4.50. The van der Waals surface area contributed by atoms with E-state index in [2.05, 4.69) is 17.0 Å². The SMILES string of the molecule is CCCCCCCCCCCCCCCCCC(=O)N[C@@H](COP(=O)(O)OCCN(C)C)C(=O)OC. The minimum atomic E-state index is -4.34. The minimum absolute atomic E-state index is 0.00474. The second kappa shape index (κ2) is 23.2. The number of unbranched alkanes of at least 4 members (excludes halogenated alkanes) is 14. The molecule has 0 rings (SSSR count). The van der Waals surface area contributed by atoms with E-state index < -0.39 is 26.4 Å². The van der Waals surface area contributed by atoms with Gasteiger partial charge in [0.2, 0.25) is 5.91 Å². The lowest BCUT2D eigenvalue weighted by Gasteiger charge is -2.19. The van der Waals surface area contributed by atoms with Gasteiger partial charge in [-0.25, -0.2) is 9.36 Å². The van der Waals surface area contributed by atoms with Crippen LogP contribution in [-0.4, -0.2) is 68.7 Å². The van der Waals surface area contributed by atoms with Gasteiger partial charge in [0.15, 0.2) is 6.04 Å². The van der Waals surface area contributed by atoms with Crippen LogP contribution < -0.4 is 5.32 Å². The number of phosphoric ester groups is 1. The molecule has 2 atom stereocenters. The number of nitrogens with one attached hydrogen (secondary N) is 1. The first-order valence-corrected chi connectivity index (χ1v) is 15.3. The Hall–Kier alpha value is -0.990. The summed E-state index contributed by atoms with van der Waals surface area (Å²) in [7, 11) is 0.447. The number of likely N-dealkylation sites (N-methyl/N-ethyl adjacent to an activating group) is 1. The molecule has 0 aromatic heterocycles. The molecule has 214 valence electrons. The first-order chi connectivity index (χ1) is 17.2. The molecule has 0 aliphatic rings. The van der Waals surface area contributed by atoms with E-state index in [1.807, 2.05) is 0 Å². The van der Waals surface area contributed by atoms with Gasteiger partial charge in [0.05, 0.1) is 20.3 Å². The first kappa shape index (κ1) is 35.0. The van der Waals surface area contributed by atoms with Crippen LogP contribution >= 0.6 is 7.82 Å². The average molecular weight is 537 g/mol. The van der Waals surface area contributed by atoms with Crippen molar-refractivity contribution in [2.24, 2.45) is 0 Å². The molecule has 36 heavy (non-hydrogen) atoms. The molecule has 0 aromatic carbocycles. The molecule has 1 unspecified atom stereocenters. The number of esters is 1. The molecule has 0 saturated heterocycles. The molecule has 0 aromatic rings. The number of methoxy groups -OCH3 is 1. The molecule has 0 spiro atoms. The highest BCUT2D eigenvalue weighted by molar-refractivity contribution is 7.47. The summed E-state index contributed by atoms with van der Waals surface area (Å²) in [6.45, 7) is 2.18. The van der Waals surface area contributed by atoms with Gasteiger partial charge in [-0.2, -0.15) is 0 Å². The smallest absolute Gasteiger partial charge is 0.467 e. The van der Waals surface area contributed by atoms with Crippen LogP contribution in [0.5, 0.6) is 0 Å². The molecule has 1 amide bonds. The number of phosphoric acid groups is 1. The molecule has 10 heteroatoms. The lowest BCUT2D eigenvalue weighted by Crippen LogP contribution is -2.44. The third-order valence-corrected chi connectivity index (χ3v) is 7.01. The van der Waals surface area contributed by atoms with Gasteiger partial charge in [-0.1, -0.05) is 96.8 Å². The van der Waals surface area contributed by atoms with Crippen LogP contribution in [0.4, 0.5) is 0 Å². The second-order valence-electron chi connectivity index (χ2n) is 9.74. The zero-order valence-corrected chi connectivity index (χ0v) is 24.2. The number of carbonyl (C=O) groups excluding carboxylic acids is 2. The zero-order valence-electron chi connectivity index (χ0n) is 23.3. The van der Waals surface area contributed by atoms with E-state index in [1.54, 1.807) is 19.0 Å². The Morgan fingerprint density at radius 3 is 1.75 bits per heavy atom. The van der Waals surface area contributed by atoms with Crippen molar-refractivity contribution >= 4 is 19.7 Å². The third-order valence-electron chi connectivity index (χ3n) is 6.03. The van der Waals surface area contributed by atoms with Crippen LogP contribution in [0.25, 0.3) is 0 Å². The van der Waals surface area contributed by atoms with E-state index in [0.29, 0.717) is 6.54 Å². The van der Waals surface area contributed by atoms with Crippen molar-refractivity contribution in [3.05, 3.63) is 0 Å². The Bertz CT molecular complexity index is 605. The van der Waals surface area contributed by atoms with Crippen molar-refractivity contribution in [1.82, 2.24) is 10.2 Å². The van der Waals surface area contributed by atoms with Crippen LogP contribution in [0, 0.1) is 0 Å². The Kier molecular flexibility index (Phi) is 22.5. The van der Waals surface area contributed by atoms with Gasteiger partial charge in [0, 0.05) is 13.0 Å². The largest absolute Gasteiger partial charge is 0.472 e. The quantitative estimate of drug-likeness (QED) is 0.0880. The van der Waals surface area contributed by atoms with Gasteiger partial charge in [-0.05, 0) is 20.5 Å². The molecule has 0 heterocycles. The number of hydrogen-bond donors (Lipinski definition) is 2. The van der Waals surface area contributed by atoms with Crippen LogP contribution in [0.1, 0.15) is 110 Å². The van der Waals surface area contributed by atoms with E-state index >= 15 is 0 Å². The Balaban J connectivity index is 3.88. The molecular formula is C26H53N2O7P. The van der Waals surface area contributed by atoms with Crippen molar-refractivity contribution in [2.75, 3.05) is 41.0 Å². The standard InChI is InChI=1S/C26H53N2O7P/c1-5-6-7-8-9-10-11-12-13-14-15-16-17-18-19-20-25(29)27-24(26(30)33-4)23-35-36(31,32)34-22-21-28(2)3/h24H,5-23H2,1-4H3,(H,27,29)(H,31,32)/t24-/m0/s1. The number of rotatable bonds is 25. The van der Waals surface area contributed by atoms with Crippen molar-refractivity contribution in [3.63, 3.8) is 0 Å². The molecule has 0 bridgehead atoms. The summed E-state index contributed by atoms with van der Waals surface area (Å²) < 4.78 is 26.4. The van der Waals surface area contributed by atoms with Crippen LogP contribution in [-0.2, 0) is 27.9 Å². The summed E-state index contributed by atoms with van der Waals surface area (Å²) in [5.74, 6) is -1.06. The van der Waals surface area contributed by atoms with Crippen molar-refractivity contribution in [3.8, 4) is 0 Å². The van der Waals surface area contributed by atoms with E-state index in [9.17, 15) is 19.0 Å². The number of hydrogen-bond acceptors (Lipinski definition) is 7. The maximum Gasteiger partial charge on any atom is 0.472 e. The summed E-state index contributed by atoms with van der Waals surface area (Å²) in [6, 6.07) is -1.17. The Labute approximate surface area is 219 Å². The van der Waals surface area contributed by atoms with Crippen LogP contribution in [0.15, 0.2) is 0 Å². The number of carbonyl (C=O) groups is 2. The van der Waals surface area contributed by atoms with E-state index in [1.165, 1.54) is 84.2 Å². The molecule has 0 saturated carbocycles. The summed E-state index contributed by atoms with van der Waals surface area (Å²) in [5.41, 5.74) is 0.